The number of ether oxygens (including phenoxy) is 2. The third-order valence-corrected chi connectivity index (χ3v) is 6.03. The highest BCUT2D eigenvalue weighted by molar-refractivity contribution is 7.92. The average molecular weight is 433 g/mol. The molecule has 1 amide bonds. The van der Waals surface area contributed by atoms with E-state index in [9.17, 15) is 13.2 Å². The van der Waals surface area contributed by atoms with Crippen LogP contribution in [0.25, 0.3) is 0 Å². The third-order valence-electron chi connectivity index (χ3n) is 4.84. The number of para-hydroxylation sites is 1. The van der Waals surface area contributed by atoms with Crippen molar-refractivity contribution < 1.29 is 22.7 Å². The largest absolute Gasteiger partial charge is 0.486 e. The minimum atomic E-state index is -3.51. The molecule has 0 atom stereocenters. The number of amides is 1. The summed E-state index contributed by atoms with van der Waals surface area (Å²) in [7, 11) is -3.51. The van der Waals surface area contributed by atoms with Crippen molar-refractivity contribution in [1.29, 1.82) is 0 Å². The summed E-state index contributed by atoms with van der Waals surface area (Å²) in [6.07, 6.45) is 1.75. The van der Waals surface area contributed by atoms with E-state index in [1.54, 1.807) is 18.2 Å². The van der Waals surface area contributed by atoms with Gasteiger partial charge in [-0.15, -0.1) is 0 Å². The summed E-state index contributed by atoms with van der Waals surface area (Å²) < 4.78 is 37.0. The van der Waals surface area contributed by atoms with Crippen molar-refractivity contribution in [2.75, 3.05) is 35.6 Å². The van der Waals surface area contributed by atoms with E-state index in [1.807, 2.05) is 24.3 Å². The Bertz CT molecular complexity index is 1000. The maximum Gasteiger partial charge on any atom is 0.232 e. The van der Waals surface area contributed by atoms with Crippen LogP contribution in [-0.4, -0.2) is 40.3 Å². The number of fused-ring (bicyclic) bond motifs is 1. The summed E-state index contributed by atoms with van der Waals surface area (Å²) >= 11 is 0. The van der Waals surface area contributed by atoms with Crippen LogP contribution in [0.4, 0.5) is 11.4 Å². The summed E-state index contributed by atoms with van der Waals surface area (Å²) in [6.45, 7) is 5.23. The molecule has 2 aromatic carbocycles. The Balaban J connectivity index is 1.64. The van der Waals surface area contributed by atoms with Gasteiger partial charge in [0.1, 0.15) is 13.2 Å². The van der Waals surface area contributed by atoms with Gasteiger partial charge in [0, 0.05) is 24.7 Å². The lowest BCUT2D eigenvalue weighted by Crippen LogP contribution is -2.31. The zero-order valence-electron chi connectivity index (χ0n) is 17.6. The molecular formula is C22H28N2O5S. The van der Waals surface area contributed by atoms with E-state index in [0.29, 0.717) is 36.8 Å². The standard InChI is InChI=1S/C22H28N2O5S/c1-16(2)18-7-4-5-8-19(18)23-22(25)9-6-12-24(30(3,26)27)17-10-11-20-21(15-17)29-14-13-28-20/h4-5,7-8,10-11,15-16H,6,9,12-14H2,1-3H3,(H,23,25). The number of carbonyl (C=O) groups excluding carboxylic acids is 1. The molecule has 162 valence electrons. The van der Waals surface area contributed by atoms with Crippen molar-refractivity contribution in [1.82, 2.24) is 0 Å². The van der Waals surface area contributed by atoms with Crippen LogP contribution in [0.2, 0.25) is 0 Å². The van der Waals surface area contributed by atoms with Crippen LogP contribution in [0.15, 0.2) is 42.5 Å². The molecule has 1 N–H and O–H groups in total. The number of hydrogen-bond donors (Lipinski definition) is 1. The molecule has 3 rings (SSSR count). The van der Waals surface area contributed by atoms with Crippen LogP contribution in [0, 0.1) is 0 Å². The quantitative estimate of drug-likeness (QED) is 0.686. The smallest absolute Gasteiger partial charge is 0.232 e. The predicted octanol–water partition coefficient (Wildman–Crippen LogP) is 3.77. The van der Waals surface area contributed by atoms with E-state index in [1.165, 1.54) is 4.31 Å². The molecule has 7 nitrogen and oxygen atoms in total. The maximum absolute atomic E-state index is 12.4. The summed E-state index contributed by atoms with van der Waals surface area (Å²) in [5.74, 6) is 1.27. The number of anilines is 2. The van der Waals surface area contributed by atoms with Gasteiger partial charge in [0.05, 0.1) is 11.9 Å². The van der Waals surface area contributed by atoms with E-state index in [2.05, 4.69) is 19.2 Å². The zero-order chi connectivity index (χ0) is 21.7. The van der Waals surface area contributed by atoms with Crippen molar-refractivity contribution >= 4 is 27.3 Å². The van der Waals surface area contributed by atoms with Gasteiger partial charge in [-0.3, -0.25) is 9.10 Å². The minimum Gasteiger partial charge on any atom is -0.486 e. The van der Waals surface area contributed by atoms with Gasteiger partial charge in [0.15, 0.2) is 11.5 Å². The number of nitrogens with one attached hydrogen (secondary N) is 1. The molecule has 0 spiro atoms. The molecule has 0 saturated carbocycles. The lowest BCUT2D eigenvalue weighted by Gasteiger charge is -2.25. The highest BCUT2D eigenvalue weighted by Crippen LogP contribution is 2.34. The fourth-order valence-corrected chi connectivity index (χ4v) is 4.34. The van der Waals surface area contributed by atoms with Gasteiger partial charge in [0.2, 0.25) is 15.9 Å². The normalized spacial score (nSPS) is 13.2. The lowest BCUT2D eigenvalue weighted by molar-refractivity contribution is -0.116. The number of rotatable bonds is 8. The second-order valence-corrected chi connectivity index (χ2v) is 9.46. The molecular weight excluding hydrogens is 404 g/mol. The van der Waals surface area contributed by atoms with Crippen molar-refractivity contribution in [2.45, 2.75) is 32.6 Å². The first-order valence-electron chi connectivity index (χ1n) is 10.0. The summed E-state index contributed by atoms with van der Waals surface area (Å²) in [5, 5.41) is 2.94. The van der Waals surface area contributed by atoms with Gasteiger partial charge in [-0.05, 0) is 36.1 Å². The van der Waals surface area contributed by atoms with E-state index in [4.69, 9.17) is 9.47 Å². The highest BCUT2D eigenvalue weighted by atomic mass is 32.2. The Morgan fingerprint density at radius 1 is 1.10 bits per heavy atom. The summed E-state index contributed by atoms with van der Waals surface area (Å²) in [4.78, 5) is 12.4. The third kappa shape index (κ3) is 5.44. The van der Waals surface area contributed by atoms with Gasteiger partial charge in [-0.25, -0.2) is 8.42 Å². The van der Waals surface area contributed by atoms with Gasteiger partial charge < -0.3 is 14.8 Å². The monoisotopic (exact) mass is 432 g/mol. The molecule has 1 aliphatic heterocycles. The van der Waals surface area contributed by atoms with Crippen LogP contribution >= 0.6 is 0 Å². The fourth-order valence-electron chi connectivity index (χ4n) is 3.38. The average Bonchev–Trinajstić information content (AvgIpc) is 2.70. The molecule has 0 aliphatic carbocycles. The first-order valence-corrected chi connectivity index (χ1v) is 11.9. The Labute approximate surface area is 178 Å². The first-order chi connectivity index (χ1) is 14.3. The van der Waals surface area contributed by atoms with Gasteiger partial charge >= 0.3 is 0 Å². The Morgan fingerprint density at radius 2 is 1.80 bits per heavy atom. The first kappa shape index (κ1) is 22.0. The van der Waals surface area contributed by atoms with E-state index < -0.39 is 10.0 Å². The number of nitrogens with zero attached hydrogens (tertiary/aromatic N) is 1. The summed E-state index contributed by atoms with van der Waals surface area (Å²) in [6, 6.07) is 12.8. The molecule has 1 heterocycles. The highest BCUT2D eigenvalue weighted by Gasteiger charge is 2.21. The van der Waals surface area contributed by atoms with Crippen molar-refractivity contribution in [3.8, 4) is 11.5 Å². The Kier molecular flexibility index (Phi) is 6.87. The zero-order valence-corrected chi connectivity index (χ0v) is 18.4. The Hall–Kier alpha value is -2.74. The SMILES string of the molecule is CC(C)c1ccccc1NC(=O)CCCN(c1ccc2c(c1)OCCO2)S(C)(=O)=O. The van der Waals surface area contributed by atoms with Gasteiger partial charge in [-0.2, -0.15) is 0 Å². The molecule has 1 aliphatic rings. The maximum atomic E-state index is 12.4. The van der Waals surface area contributed by atoms with E-state index >= 15 is 0 Å². The number of benzene rings is 2. The predicted molar refractivity (Wildman–Crippen MR) is 118 cm³/mol. The number of carbonyl (C=O) groups is 1. The van der Waals surface area contributed by atoms with Gasteiger partial charge in [-0.1, -0.05) is 32.0 Å². The van der Waals surface area contributed by atoms with Crippen molar-refractivity contribution in [2.24, 2.45) is 0 Å². The minimum absolute atomic E-state index is 0.140. The van der Waals surface area contributed by atoms with E-state index in [-0.39, 0.29) is 24.8 Å². The van der Waals surface area contributed by atoms with Crippen LogP contribution in [0.3, 0.4) is 0 Å². The lowest BCUT2D eigenvalue weighted by atomic mass is 10.0. The molecule has 0 aromatic heterocycles. The Morgan fingerprint density at radius 3 is 2.50 bits per heavy atom. The van der Waals surface area contributed by atoms with Crippen LogP contribution in [0.1, 0.15) is 38.2 Å². The molecule has 0 saturated heterocycles. The number of sulfonamides is 1. The molecule has 0 bridgehead atoms. The molecule has 0 fully saturated rings. The van der Waals surface area contributed by atoms with Crippen LogP contribution in [-0.2, 0) is 14.8 Å². The second kappa shape index (κ2) is 9.38. The van der Waals surface area contributed by atoms with Crippen molar-refractivity contribution in [3.05, 3.63) is 48.0 Å². The van der Waals surface area contributed by atoms with Crippen LogP contribution in [0.5, 0.6) is 11.5 Å². The molecule has 0 radical (unpaired) electrons. The van der Waals surface area contributed by atoms with Crippen molar-refractivity contribution in [3.63, 3.8) is 0 Å². The summed E-state index contributed by atoms with van der Waals surface area (Å²) in [5.41, 5.74) is 2.36. The molecule has 8 heteroatoms. The number of hydrogen-bond acceptors (Lipinski definition) is 5. The topological polar surface area (TPSA) is 84.9 Å². The van der Waals surface area contributed by atoms with E-state index in [0.717, 1.165) is 17.5 Å². The van der Waals surface area contributed by atoms with Crippen LogP contribution < -0.4 is 19.1 Å². The molecule has 30 heavy (non-hydrogen) atoms. The second-order valence-electron chi connectivity index (χ2n) is 7.56. The van der Waals surface area contributed by atoms with Gasteiger partial charge in [0.25, 0.3) is 0 Å². The molecule has 0 unspecified atom stereocenters. The molecule has 2 aromatic rings. The fraction of sp³-hybridized carbons (Fsp3) is 0.409.